The van der Waals surface area contributed by atoms with E-state index in [-0.39, 0.29) is 18.5 Å². The van der Waals surface area contributed by atoms with Crippen LogP contribution in [0.4, 0.5) is 11.9 Å². The molecule has 118 valence electrons. The average Bonchev–Trinajstić information content (AvgIpc) is 2.49. The van der Waals surface area contributed by atoms with Crippen molar-refractivity contribution >= 4 is 17.8 Å². The number of carbonyl (C=O) groups excluding carboxylic acids is 1. The van der Waals surface area contributed by atoms with Crippen LogP contribution in [0.5, 0.6) is 6.01 Å². The SMILES string of the molecule is CCCNc1nc(NCC(=O)NCC)nc(OCCC)n1. The predicted molar refractivity (Wildman–Crippen MR) is 81.6 cm³/mol. The second-order valence-corrected chi connectivity index (χ2v) is 4.35. The van der Waals surface area contributed by atoms with Crippen LogP contribution in [-0.4, -0.2) is 47.1 Å². The second kappa shape index (κ2) is 9.73. The van der Waals surface area contributed by atoms with Gasteiger partial charge in [-0.2, -0.15) is 15.0 Å². The standard InChI is InChI=1S/C13H24N6O2/c1-4-7-15-11-17-12(16-9-10(20)14-6-3)19-13(18-11)21-8-5-2/h4-9H2,1-3H3,(H,14,20)(H2,15,16,17,18,19). The highest BCUT2D eigenvalue weighted by Gasteiger charge is 2.08. The van der Waals surface area contributed by atoms with E-state index in [1.807, 2.05) is 13.8 Å². The maximum atomic E-state index is 11.4. The number of likely N-dealkylation sites (N-methyl/N-ethyl adjacent to an activating group) is 1. The van der Waals surface area contributed by atoms with Gasteiger partial charge in [0.2, 0.25) is 17.8 Å². The van der Waals surface area contributed by atoms with E-state index < -0.39 is 0 Å². The smallest absolute Gasteiger partial charge is 0.323 e. The number of anilines is 2. The third-order valence-corrected chi connectivity index (χ3v) is 2.36. The molecular weight excluding hydrogens is 272 g/mol. The molecule has 0 unspecified atom stereocenters. The molecule has 1 aromatic heterocycles. The number of ether oxygens (including phenoxy) is 1. The summed E-state index contributed by atoms with van der Waals surface area (Å²) in [4.78, 5) is 24.0. The molecule has 0 fully saturated rings. The molecule has 0 bridgehead atoms. The molecule has 0 atom stereocenters. The average molecular weight is 296 g/mol. The van der Waals surface area contributed by atoms with Crippen molar-refractivity contribution in [3.63, 3.8) is 0 Å². The Hall–Kier alpha value is -2.12. The van der Waals surface area contributed by atoms with Crippen molar-refractivity contribution in [1.29, 1.82) is 0 Å². The molecule has 3 N–H and O–H groups in total. The van der Waals surface area contributed by atoms with Gasteiger partial charge in [-0.15, -0.1) is 0 Å². The summed E-state index contributed by atoms with van der Waals surface area (Å²) in [6.07, 6.45) is 1.82. The van der Waals surface area contributed by atoms with Crippen LogP contribution in [-0.2, 0) is 4.79 Å². The highest BCUT2D eigenvalue weighted by molar-refractivity contribution is 5.80. The zero-order valence-electron chi connectivity index (χ0n) is 12.9. The van der Waals surface area contributed by atoms with E-state index in [4.69, 9.17) is 4.74 Å². The highest BCUT2D eigenvalue weighted by Crippen LogP contribution is 2.11. The summed E-state index contributed by atoms with van der Waals surface area (Å²) in [5.74, 6) is 0.648. The minimum atomic E-state index is -0.114. The molecule has 0 aliphatic carbocycles. The van der Waals surface area contributed by atoms with E-state index >= 15 is 0 Å². The minimum Gasteiger partial charge on any atom is -0.463 e. The van der Waals surface area contributed by atoms with Gasteiger partial charge in [-0.05, 0) is 19.8 Å². The maximum Gasteiger partial charge on any atom is 0.323 e. The van der Waals surface area contributed by atoms with Crippen molar-refractivity contribution in [3.8, 4) is 6.01 Å². The maximum absolute atomic E-state index is 11.4. The summed E-state index contributed by atoms with van der Waals surface area (Å²) >= 11 is 0. The van der Waals surface area contributed by atoms with Crippen LogP contribution in [0.25, 0.3) is 0 Å². The van der Waals surface area contributed by atoms with Gasteiger partial charge in [0, 0.05) is 13.1 Å². The van der Waals surface area contributed by atoms with Crippen LogP contribution >= 0.6 is 0 Å². The number of amides is 1. The topological polar surface area (TPSA) is 101 Å². The van der Waals surface area contributed by atoms with Gasteiger partial charge in [0.25, 0.3) is 0 Å². The number of aromatic nitrogens is 3. The monoisotopic (exact) mass is 296 g/mol. The molecule has 0 radical (unpaired) electrons. The lowest BCUT2D eigenvalue weighted by molar-refractivity contribution is -0.119. The second-order valence-electron chi connectivity index (χ2n) is 4.35. The first-order valence-electron chi connectivity index (χ1n) is 7.32. The van der Waals surface area contributed by atoms with Gasteiger partial charge in [-0.25, -0.2) is 0 Å². The Morgan fingerprint density at radius 3 is 2.38 bits per heavy atom. The molecule has 0 aromatic carbocycles. The fourth-order valence-corrected chi connectivity index (χ4v) is 1.43. The van der Waals surface area contributed by atoms with E-state index in [1.54, 1.807) is 0 Å². The van der Waals surface area contributed by atoms with Crippen molar-refractivity contribution < 1.29 is 9.53 Å². The summed E-state index contributed by atoms with van der Waals surface area (Å²) in [5, 5.41) is 8.64. The first-order chi connectivity index (χ1) is 10.2. The Bertz CT molecular complexity index is 414. The van der Waals surface area contributed by atoms with Gasteiger partial charge in [0.15, 0.2) is 0 Å². The van der Waals surface area contributed by atoms with Crippen molar-refractivity contribution in [2.75, 3.05) is 36.9 Å². The molecule has 8 heteroatoms. The fraction of sp³-hybridized carbons (Fsp3) is 0.692. The Morgan fingerprint density at radius 2 is 1.76 bits per heavy atom. The number of nitrogens with zero attached hydrogens (tertiary/aromatic N) is 3. The van der Waals surface area contributed by atoms with Crippen LogP contribution in [0.2, 0.25) is 0 Å². The van der Waals surface area contributed by atoms with Crippen LogP contribution in [0.15, 0.2) is 0 Å². The number of rotatable bonds is 10. The third kappa shape index (κ3) is 6.73. The third-order valence-electron chi connectivity index (χ3n) is 2.36. The van der Waals surface area contributed by atoms with E-state index in [1.165, 1.54) is 0 Å². The molecule has 21 heavy (non-hydrogen) atoms. The van der Waals surface area contributed by atoms with Crippen LogP contribution in [0, 0.1) is 0 Å². The first-order valence-corrected chi connectivity index (χ1v) is 7.32. The Morgan fingerprint density at radius 1 is 1.05 bits per heavy atom. The van der Waals surface area contributed by atoms with Crippen molar-refractivity contribution in [3.05, 3.63) is 0 Å². The van der Waals surface area contributed by atoms with Gasteiger partial charge < -0.3 is 20.7 Å². The lowest BCUT2D eigenvalue weighted by atomic mass is 10.5. The quantitative estimate of drug-likeness (QED) is 0.592. The molecule has 8 nitrogen and oxygen atoms in total. The summed E-state index contributed by atoms with van der Waals surface area (Å²) in [6, 6.07) is 0.254. The molecule has 0 spiro atoms. The van der Waals surface area contributed by atoms with Gasteiger partial charge in [-0.3, -0.25) is 4.79 Å². The molecule has 0 saturated carbocycles. The number of hydrogen-bond donors (Lipinski definition) is 3. The number of hydrogen-bond acceptors (Lipinski definition) is 7. The molecule has 1 amide bonds. The molecule has 1 rings (SSSR count). The first kappa shape index (κ1) is 16.9. The molecule has 1 heterocycles. The van der Waals surface area contributed by atoms with Crippen molar-refractivity contribution in [2.45, 2.75) is 33.6 Å². The zero-order valence-corrected chi connectivity index (χ0v) is 12.9. The number of nitrogens with one attached hydrogen (secondary N) is 3. The summed E-state index contributed by atoms with van der Waals surface area (Å²) in [6.45, 7) is 7.91. The summed E-state index contributed by atoms with van der Waals surface area (Å²) in [5.41, 5.74) is 0. The van der Waals surface area contributed by atoms with E-state index in [9.17, 15) is 4.79 Å². The largest absolute Gasteiger partial charge is 0.463 e. The molecule has 1 aromatic rings. The van der Waals surface area contributed by atoms with Crippen LogP contribution in [0.3, 0.4) is 0 Å². The lowest BCUT2D eigenvalue weighted by Gasteiger charge is -2.10. The summed E-state index contributed by atoms with van der Waals surface area (Å²) in [7, 11) is 0. The molecule has 0 aliphatic heterocycles. The Kier molecular flexibility index (Phi) is 7.85. The molecule has 0 aliphatic rings. The Balaban J connectivity index is 2.72. The zero-order chi connectivity index (χ0) is 15.5. The van der Waals surface area contributed by atoms with Crippen LogP contribution < -0.4 is 20.7 Å². The fourth-order valence-electron chi connectivity index (χ4n) is 1.43. The van der Waals surface area contributed by atoms with Crippen molar-refractivity contribution in [1.82, 2.24) is 20.3 Å². The molecule has 0 saturated heterocycles. The van der Waals surface area contributed by atoms with Crippen LogP contribution in [0.1, 0.15) is 33.6 Å². The van der Waals surface area contributed by atoms with Crippen molar-refractivity contribution in [2.24, 2.45) is 0 Å². The Labute approximate surface area is 125 Å². The summed E-state index contributed by atoms with van der Waals surface area (Å²) < 4.78 is 5.43. The predicted octanol–water partition coefficient (Wildman–Crippen LogP) is 1.03. The highest BCUT2D eigenvalue weighted by atomic mass is 16.5. The van der Waals surface area contributed by atoms with Gasteiger partial charge >= 0.3 is 6.01 Å². The van der Waals surface area contributed by atoms with Gasteiger partial charge in [0.1, 0.15) is 0 Å². The minimum absolute atomic E-state index is 0.109. The van der Waals surface area contributed by atoms with E-state index in [0.29, 0.717) is 25.0 Å². The number of carbonyl (C=O) groups is 1. The lowest BCUT2D eigenvalue weighted by Crippen LogP contribution is -2.30. The van der Waals surface area contributed by atoms with E-state index in [0.717, 1.165) is 19.4 Å². The normalized spacial score (nSPS) is 10.0. The van der Waals surface area contributed by atoms with Gasteiger partial charge in [0.05, 0.1) is 13.2 Å². The van der Waals surface area contributed by atoms with E-state index in [2.05, 4.69) is 37.8 Å². The van der Waals surface area contributed by atoms with Gasteiger partial charge in [-0.1, -0.05) is 13.8 Å². The molecular formula is C13H24N6O2.